The lowest BCUT2D eigenvalue weighted by Crippen LogP contribution is -2.33. The molecule has 27 heavy (non-hydrogen) atoms. The van der Waals surface area contributed by atoms with Crippen molar-refractivity contribution in [3.8, 4) is 0 Å². The van der Waals surface area contributed by atoms with E-state index in [9.17, 15) is 4.79 Å². The van der Waals surface area contributed by atoms with Crippen molar-refractivity contribution in [1.29, 1.82) is 0 Å². The molecule has 0 saturated carbocycles. The number of hydrogen-bond donors (Lipinski definition) is 3. The zero-order chi connectivity index (χ0) is 19.1. The third-order valence-electron chi connectivity index (χ3n) is 4.07. The lowest BCUT2D eigenvalue weighted by molar-refractivity contribution is 0.246. The molecule has 2 heterocycles. The van der Waals surface area contributed by atoms with Gasteiger partial charge in [-0.1, -0.05) is 50.2 Å². The van der Waals surface area contributed by atoms with Crippen LogP contribution in [-0.4, -0.2) is 26.2 Å². The highest BCUT2D eigenvalue weighted by Crippen LogP contribution is 2.20. The summed E-state index contributed by atoms with van der Waals surface area (Å²) >= 11 is 0. The summed E-state index contributed by atoms with van der Waals surface area (Å²) in [6.07, 6.45) is 4.94. The third kappa shape index (κ3) is 5.64. The number of nitrogens with one attached hydrogen (secondary N) is 3. The second kappa shape index (κ2) is 8.93. The molecule has 140 valence electrons. The minimum Gasteiger partial charge on any atom is -0.331 e. The number of carbonyl (C=O) groups is 1. The van der Waals surface area contributed by atoms with E-state index < -0.39 is 0 Å². The third-order valence-corrected chi connectivity index (χ3v) is 4.07. The number of urea groups is 1. The molecule has 0 radical (unpaired) electrons. The van der Waals surface area contributed by atoms with E-state index in [2.05, 4.69) is 44.6 Å². The van der Waals surface area contributed by atoms with Crippen LogP contribution in [0.1, 0.15) is 43.3 Å². The molecule has 0 bridgehead atoms. The maximum absolute atomic E-state index is 12.4. The Morgan fingerprint density at radius 2 is 1.96 bits per heavy atom. The standard InChI is InChI=1S/C20H24N6O/c1-14(2)11-17(16-9-6-10-21-13-16)22-20(27)24-19-23-18(25-26-19)12-15-7-4-3-5-8-15/h3-10,13-14,17H,11-12H2,1-2H3,(H3,22,23,24,25,26,27)/t17-/m1/s1. The topological polar surface area (TPSA) is 95.6 Å². The zero-order valence-electron chi connectivity index (χ0n) is 15.5. The van der Waals surface area contributed by atoms with E-state index in [0.29, 0.717) is 18.2 Å². The van der Waals surface area contributed by atoms with Gasteiger partial charge in [0, 0.05) is 18.8 Å². The van der Waals surface area contributed by atoms with Crippen LogP contribution in [0.4, 0.5) is 10.7 Å². The number of rotatable bonds is 7. The number of aromatic amines is 1. The van der Waals surface area contributed by atoms with Crippen LogP contribution in [0.15, 0.2) is 54.9 Å². The van der Waals surface area contributed by atoms with Gasteiger partial charge in [-0.05, 0) is 29.5 Å². The van der Waals surface area contributed by atoms with Gasteiger partial charge < -0.3 is 5.32 Å². The van der Waals surface area contributed by atoms with Gasteiger partial charge >= 0.3 is 6.03 Å². The molecular weight excluding hydrogens is 340 g/mol. The molecule has 0 aliphatic heterocycles. The first kappa shape index (κ1) is 18.6. The van der Waals surface area contributed by atoms with Crippen LogP contribution in [-0.2, 0) is 6.42 Å². The number of amides is 2. The highest BCUT2D eigenvalue weighted by molar-refractivity contribution is 5.87. The summed E-state index contributed by atoms with van der Waals surface area (Å²) in [6, 6.07) is 13.3. The maximum atomic E-state index is 12.4. The van der Waals surface area contributed by atoms with Crippen molar-refractivity contribution in [1.82, 2.24) is 25.5 Å². The lowest BCUT2D eigenvalue weighted by Gasteiger charge is -2.20. The van der Waals surface area contributed by atoms with E-state index in [-0.39, 0.29) is 18.0 Å². The zero-order valence-corrected chi connectivity index (χ0v) is 15.5. The van der Waals surface area contributed by atoms with Crippen molar-refractivity contribution in [2.24, 2.45) is 5.92 Å². The first-order valence-corrected chi connectivity index (χ1v) is 9.03. The van der Waals surface area contributed by atoms with E-state index in [1.54, 1.807) is 12.4 Å². The fourth-order valence-electron chi connectivity index (χ4n) is 2.85. The quantitative estimate of drug-likeness (QED) is 0.596. The minimum absolute atomic E-state index is 0.124. The second-order valence-corrected chi connectivity index (χ2v) is 6.84. The molecule has 3 aromatic rings. The van der Waals surface area contributed by atoms with Crippen molar-refractivity contribution in [2.75, 3.05) is 5.32 Å². The maximum Gasteiger partial charge on any atom is 0.322 e. The predicted molar refractivity (Wildman–Crippen MR) is 104 cm³/mol. The summed E-state index contributed by atoms with van der Waals surface area (Å²) in [5.41, 5.74) is 2.10. The molecule has 0 aliphatic carbocycles. The molecule has 0 aliphatic rings. The van der Waals surface area contributed by atoms with Gasteiger partial charge in [-0.25, -0.2) is 4.79 Å². The summed E-state index contributed by atoms with van der Waals surface area (Å²) in [7, 11) is 0. The van der Waals surface area contributed by atoms with Crippen molar-refractivity contribution < 1.29 is 4.79 Å². The number of aromatic nitrogens is 4. The van der Waals surface area contributed by atoms with Gasteiger partial charge in [-0.2, -0.15) is 4.98 Å². The number of H-pyrrole nitrogens is 1. The van der Waals surface area contributed by atoms with Gasteiger partial charge in [-0.3, -0.25) is 15.4 Å². The van der Waals surface area contributed by atoms with E-state index in [1.807, 2.05) is 42.5 Å². The molecule has 3 N–H and O–H groups in total. The van der Waals surface area contributed by atoms with Gasteiger partial charge in [0.15, 0.2) is 0 Å². The summed E-state index contributed by atoms with van der Waals surface area (Å²) in [5, 5.41) is 12.6. The molecule has 0 fully saturated rings. The number of hydrogen-bond acceptors (Lipinski definition) is 4. The van der Waals surface area contributed by atoms with Gasteiger partial charge in [0.25, 0.3) is 0 Å². The first-order valence-electron chi connectivity index (χ1n) is 9.03. The SMILES string of the molecule is CC(C)C[C@@H](NC(=O)Nc1n[nH]c(Cc2ccccc2)n1)c1cccnc1. The molecule has 7 nitrogen and oxygen atoms in total. The van der Waals surface area contributed by atoms with E-state index in [1.165, 1.54) is 0 Å². The first-order chi connectivity index (χ1) is 13.1. The average Bonchev–Trinajstić information content (AvgIpc) is 3.09. The average molecular weight is 364 g/mol. The number of nitrogens with zero attached hydrogens (tertiary/aromatic N) is 3. The molecule has 7 heteroatoms. The van der Waals surface area contributed by atoms with Gasteiger partial charge in [0.05, 0.1) is 6.04 Å². The molecular formula is C20H24N6O. The fourth-order valence-corrected chi connectivity index (χ4v) is 2.85. The lowest BCUT2D eigenvalue weighted by atomic mass is 9.98. The van der Waals surface area contributed by atoms with Crippen molar-refractivity contribution in [3.05, 3.63) is 71.8 Å². The van der Waals surface area contributed by atoms with Gasteiger partial charge in [0.2, 0.25) is 5.95 Å². The Morgan fingerprint density at radius 1 is 1.15 bits per heavy atom. The molecule has 0 saturated heterocycles. The van der Waals surface area contributed by atoms with Crippen LogP contribution in [0.3, 0.4) is 0 Å². The van der Waals surface area contributed by atoms with Crippen LogP contribution >= 0.6 is 0 Å². The summed E-state index contributed by atoms with van der Waals surface area (Å²) in [4.78, 5) is 20.9. The summed E-state index contributed by atoms with van der Waals surface area (Å²) < 4.78 is 0. The second-order valence-electron chi connectivity index (χ2n) is 6.84. The normalized spacial score (nSPS) is 12.0. The highest BCUT2D eigenvalue weighted by Gasteiger charge is 2.17. The van der Waals surface area contributed by atoms with Crippen LogP contribution in [0.2, 0.25) is 0 Å². The largest absolute Gasteiger partial charge is 0.331 e. The fraction of sp³-hybridized carbons (Fsp3) is 0.300. The summed E-state index contributed by atoms with van der Waals surface area (Å²) in [5.74, 6) is 1.38. The van der Waals surface area contributed by atoms with Gasteiger partial charge in [0.1, 0.15) is 5.82 Å². The Kier molecular flexibility index (Phi) is 6.14. The Morgan fingerprint density at radius 3 is 2.67 bits per heavy atom. The highest BCUT2D eigenvalue weighted by atomic mass is 16.2. The van der Waals surface area contributed by atoms with Crippen molar-refractivity contribution in [3.63, 3.8) is 0 Å². The van der Waals surface area contributed by atoms with E-state index in [0.717, 1.165) is 17.5 Å². The smallest absolute Gasteiger partial charge is 0.322 e. The summed E-state index contributed by atoms with van der Waals surface area (Å²) in [6.45, 7) is 4.24. The Bertz CT molecular complexity index is 847. The molecule has 1 atom stereocenters. The van der Waals surface area contributed by atoms with E-state index in [4.69, 9.17) is 0 Å². The van der Waals surface area contributed by atoms with Gasteiger partial charge in [-0.15, -0.1) is 5.10 Å². The van der Waals surface area contributed by atoms with Crippen LogP contribution in [0, 0.1) is 5.92 Å². The Balaban J connectivity index is 1.61. The molecule has 3 rings (SSSR count). The van der Waals surface area contributed by atoms with Crippen molar-refractivity contribution >= 4 is 12.0 Å². The number of benzene rings is 1. The van der Waals surface area contributed by atoms with E-state index >= 15 is 0 Å². The molecule has 1 aromatic carbocycles. The number of anilines is 1. The minimum atomic E-state index is -0.338. The van der Waals surface area contributed by atoms with Crippen LogP contribution in [0.25, 0.3) is 0 Å². The number of carbonyl (C=O) groups excluding carboxylic acids is 1. The molecule has 0 spiro atoms. The molecule has 0 unspecified atom stereocenters. The monoisotopic (exact) mass is 364 g/mol. The Hall–Kier alpha value is -3.22. The molecule has 2 aromatic heterocycles. The van der Waals surface area contributed by atoms with Crippen LogP contribution < -0.4 is 10.6 Å². The predicted octanol–water partition coefficient (Wildman–Crippen LogP) is 3.70. The van der Waals surface area contributed by atoms with Crippen LogP contribution in [0.5, 0.6) is 0 Å². The Labute approximate surface area is 158 Å². The van der Waals surface area contributed by atoms with Crippen molar-refractivity contribution in [2.45, 2.75) is 32.7 Å². The molecule has 2 amide bonds. The number of pyridine rings is 1.